The number of hydrogen-bond acceptors (Lipinski definition) is 9. The lowest BCUT2D eigenvalue weighted by atomic mass is 10.2. The monoisotopic (exact) mass is 353 g/mol. The second-order valence-corrected chi connectivity index (χ2v) is 7.95. The third kappa shape index (κ3) is 3.22. The number of hydrogen-bond donors (Lipinski definition) is 1. The Morgan fingerprint density at radius 3 is 2.91 bits per heavy atom. The Morgan fingerprint density at radius 1 is 1.23 bits per heavy atom. The van der Waals surface area contributed by atoms with Crippen LogP contribution in [0.3, 0.4) is 0 Å². The summed E-state index contributed by atoms with van der Waals surface area (Å²) in [4.78, 5) is 11.1. The first-order valence-corrected chi connectivity index (χ1v) is 9.09. The van der Waals surface area contributed by atoms with Crippen molar-refractivity contribution >= 4 is 49.8 Å². The largest absolute Gasteiger partial charge is 0.383 e. The van der Waals surface area contributed by atoms with Crippen molar-refractivity contribution in [2.45, 2.75) is 23.2 Å². The molecule has 0 aliphatic heterocycles. The molecule has 3 aromatic heterocycles. The fraction of sp³-hybridized carbons (Fsp3) is 0.385. The van der Waals surface area contributed by atoms with Gasteiger partial charge in [0.1, 0.15) is 16.2 Å². The molecule has 22 heavy (non-hydrogen) atoms. The molecule has 116 valence electrons. The summed E-state index contributed by atoms with van der Waals surface area (Å²) >= 11 is 4.75. The van der Waals surface area contributed by atoms with Gasteiger partial charge in [0.25, 0.3) is 0 Å². The van der Waals surface area contributed by atoms with E-state index in [-0.39, 0.29) is 0 Å². The lowest BCUT2D eigenvalue weighted by Crippen LogP contribution is -2.06. The molecule has 0 unspecified atom stereocenters. The van der Waals surface area contributed by atoms with Crippen LogP contribution in [0.5, 0.6) is 0 Å². The fourth-order valence-corrected chi connectivity index (χ4v) is 4.80. The number of fused-ring (bicyclic) bond motifs is 1. The van der Waals surface area contributed by atoms with Crippen molar-refractivity contribution in [2.24, 2.45) is 0 Å². The highest BCUT2D eigenvalue weighted by molar-refractivity contribution is 8.01. The van der Waals surface area contributed by atoms with Crippen LogP contribution >= 0.6 is 34.4 Å². The van der Waals surface area contributed by atoms with Crippen molar-refractivity contribution in [2.75, 3.05) is 25.6 Å². The minimum absolute atomic E-state index is 0.641. The van der Waals surface area contributed by atoms with Gasteiger partial charge in [0.2, 0.25) is 5.13 Å². The van der Waals surface area contributed by atoms with E-state index < -0.39 is 0 Å². The predicted molar refractivity (Wildman–Crippen MR) is 91.3 cm³/mol. The first-order valence-electron chi connectivity index (χ1n) is 6.64. The Kier molecular flexibility index (Phi) is 4.87. The normalized spacial score (nSPS) is 11.2. The summed E-state index contributed by atoms with van der Waals surface area (Å²) in [5.41, 5.74) is 1.24. The highest BCUT2D eigenvalue weighted by Crippen LogP contribution is 2.38. The summed E-state index contributed by atoms with van der Waals surface area (Å²) in [6, 6.07) is 0. The topological polar surface area (TPSA) is 72.8 Å². The van der Waals surface area contributed by atoms with E-state index in [1.54, 1.807) is 24.8 Å². The average Bonchev–Trinajstić information content (AvgIpc) is 3.06. The number of anilines is 1. The zero-order valence-corrected chi connectivity index (χ0v) is 14.9. The van der Waals surface area contributed by atoms with Gasteiger partial charge in [-0.05, 0) is 31.2 Å². The number of methoxy groups -OCH3 is 1. The Bertz CT molecular complexity index is 785. The van der Waals surface area contributed by atoms with Crippen LogP contribution in [0, 0.1) is 13.8 Å². The molecule has 0 spiro atoms. The maximum absolute atomic E-state index is 5.00. The van der Waals surface area contributed by atoms with Crippen LogP contribution in [0.4, 0.5) is 5.13 Å². The average molecular weight is 353 g/mol. The predicted octanol–water partition coefficient (Wildman–Crippen LogP) is 3.37. The van der Waals surface area contributed by atoms with Crippen LogP contribution in [-0.2, 0) is 4.74 Å². The highest BCUT2D eigenvalue weighted by atomic mass is 32.2. The number of ether oxygens (including phenoxy) is 1. The molecule has 0 saturated heterocycles. The molecule has 0 aliphatic carbocycles. The van der Waals surface area contributed by atoms with E-state index in [4.69, 9.17) is 4.74 Å². The fourth-order valence-electron chi connectivity index (χ4n) is 1.89. The number of aryl methyl sites for hydroxylation is 2. The van der Waals surface area contributed by atoms with E-state index in [9.17, 15) is 0 Å². The van der Waals surface area contributed by atoms with Crippen LogP contribution < -0.4 is 5.32 Å². The Balaban J connectivity index is 1.81. The summed E-state index contributed by atoms with van der Waals surface area (Å²) in [6.45, 7) is 5.58. The minimum Gasteiger partial charge on any atom is -0.383 e. The molecular weight excluding hydrogens is 338 g/mol. The second-order valence-electron chi connectivity index (χ2n) is 4.54. The molecule has 9 heteroatoms. The van der Waals surface area contributed by atoms with Crippen molar-refractivity contribution < 1.29 is 4.74 Å². The molecule has 0 amide bonds. The smallest absolute Gasteiger partial charge is 0.206 e. The molecule has 0 fully saturated rings. The maximum atomic E-state index is 5.00. The SMILES string of the molecule is COCCNc1nnc(Sc2ncnc3sc(C)c(C)c23)s1. The van der Waals surface area contributed by atoms with Crippen molar-refractivity contribution in [1.82, 2.24) is 20.2 Å². The lowest BCUT2D eigenvalue weighted by Gasteiger charge is -2.00. The summed E-state index contributed by atoms with van der Waals surface area (Å²) in [5, 5.41) is 14.4. The summed E-state index contributed by atoms with van der Waals surface area (Å²) < 4.78 is 5.87. The van der Waals surface area contributed by atoms with Gasteiger partial charge in [-0.1, -0.05) is 11.3 Å². The van der Waals surface area contributed by atoms with Gasteiger partial charge in [0.05, 0.1) is 6.61 Å². The molecule has 0 aliphatic rings. The molecule has 0 aromatic carbocycles. The highest BCUT2D eigenvalue weighted by Gasteiger charge is 2.15. The molecule has 0 saturated carbocycles. The van der Waals surface area contributed by atoms with Crippen molar-refractivity contribution in [3.05, 3.63) is 16.8 Å². The molecular formula is C13H15N5OS3. The maximum Gasteiger partial charge on any atom is 0.206 e. The standard InChI is InChI=1S/C13H15N5OS3/c1-7-8(2)20-10-9(7)11(16-6-15-10)21-13-18-17-12(22-13)14-4-5-19-3/h6H,4-5H2,1-3H3,(H,14,17). The first-order chi connectivity index (χ1) is 10.7. The van der Waals surface area contributed by atoms with E-state index in [0.29, 0.717) is 6.61 Å². The van der Waals surface area contributed by atoms with Crippen LogP contribution in [0.25, 0.3) is 10.2 Å². The lowest BCUT2D eigenvalue weighted by molar-refractivity contribution is 0.211. The van der Waals surface area contributed by atoms with E-state index >= 15 is 0 Å². The third-order valence-electron chi connectivity index (χ3n) is 3.10. The molecule has 3 aromatic rings. The molecule has 3 rings (SSSR count). The number of rotatable bonds is 6. The zero-order valence-electron chi connectivity index (χ0n) is 12.4. The zero-order chi connectivity index (χ0) is 15.5. The van der Waals surface area contributed by atoms with Gasteiger partial charge in [0, 0.05) is 23.9 Å². The Labute approximate surface area is 140 Å². The molecule has 0 radical (unpaired) electrons. The minimum atomic E-state index is 0.641. The molecule has 0 atom stereocenters. The summed E-state index contributed by atoms with van der Waals surface area (Å²) in [6.07, 6.45) is 1.61. The number of thiophene rings is 1. The van der Waals surface area contributed by atoms with Crippen molar-refractivity contribution in [1.29, 1.82) is 0 Å². The van der Waals surface area contributed by atoms with Gasteiger partial charge < -0.3 is 10.1 Å². The molecule has 0 bridgehead atoms. The second kappa shape index (κ2) is 6.86. The van der Waals surface area contributed by atoms with Gasteiger partial charge in [-0.25, -0.2) is 9.97 Å². The van der Waals surface area contributed by atoms with Crippen LogP contribution in [0.1, 0.15) is 10.4 Å². The number of aromatic nitrogens is 4. The van der Waals surface area contributed by atoms with Gasteiger partial charge in [-0.15, -0.1) is 21.5 Å². The quantitative estimate of drug-likeness (QED) is 0.538. The van der Waals surface area contributed by atoms with E-state index in [1.165, 1.54) is 33.5 Å². The van der Waals surface area contributed by atoms with E-state index in [2.05, 4.69) is 39.3 Å². The van der Waals surface area contributed by atoms with Gasteiger partial charge in [0.15, 0.2) is 4.34 Å². The molecule has 1 N–H and O–H groups in total. The van der Waals surface area contributed by atoms with E-state index in [1.807, 2.05) is 0 Å². The van der Waals surface area contributed by atoms with Crippen molar-refractivity contribution in [3.63, 3.8) is 0 Å². The van der Waals surface area contributed by atoms with Crippen molar-refractivity contribution in [3.8, 4) is 0 Å². The Morgan fingerprint density at radius 2 is 2.09 bits per heavy atom. The molecule has 6 nitrogen and oxygen atoms in total. The Hall–Kier alpha value is -1.29. The van der Waals surface area contributed by atoms with Crippen LogP contribution in [-0.4, -0.2) is 40.4 Å². The third-order valence-corrected chi connectivity index (χ3v) is 6.15. The van der Waals surface area contributed by atoms with Gasteiger partial charge in [-0.3, -0.25) is 0 Å². The van der Waals surface area contributed by atoms with Gasteiger partial charge >= 0.3 is 0 Å². The summed E-state index contributed by atoms with van der Waals surface area (Å²) in [5.74, 6) is 0. The van der Waals surface area contributed by atoms with Gasteiger partial charge in [-0.2, -0.15) is 0 Å². The van der Waals surface area contributed by atoms with E-state index in [0.717, 1.165) is 31.3 Å². The summed E-state index contributed by atoms with van der Waals surface area (Å²) in [7, 11) is 1.68. The number of nitrogens with zero attached hydrogens (tertiary/aromatic N) is 4. The van der Waals surface area contributed by atoms with Crippen LogP contribution in [0.15, 0.2) is 15.7 Å². The van der Waals surface area contributed by atoms with Crippen LogP contribution in [0.2, 0.25) is 0 Å². The molecule has 3 heterocycles. The number of nitrogens with one attached hydrogen (secondary N) is 1. The first kappa shape index (κ1) is 15.6.